The highest BCUT2D eigenvalue weighted by atomic mass is 16.6. The molecule has 0 bridgehead atoms. The van der Waals surface area contributed by atoms with Gasteiger partial charge >= 0.3 is 12.2 Å². The predicted octanol–water partition coefficient (Wildman–Crippen LogP) is 8.87. The van der Waals surface area contributed by atoms with E-state index in [0.29, 0.717) is 24.5 Å². The number of carbonyl (C=O) groups excluding carboxylic acids is 4. The van der Waals surface area contributed by atoms with Crippen molar-refractivity contribution in [1.29, 1.82) is 0 Å². The van der Waals surface area contributed by atoms with Crippen molar-refractivity contribution in [2.75, 3.05) is 20.2 Å². The van der Waals surface area contributed by atoms with Crippen molar-refractivity contribution < 1.29 is 28.7 Å². The van der Waals surface area contributed by atoms with Crippen LogP contribution in [0.4, 0.5) is 9.59 Å². The summed E-state index contributed by atoms with van der Waals surface area (Å²) in [5.41, 5.74) is 6.52. The van der Waals surface area contributed by atoms with E-state index in [2.05, 4.69) is 81.3 Å². The number of nitrogens with one attached hydrogen (secondary N) is 4. The van der Waals surface area contributed by atoms with Crippen molar-refractivity contribution in [3.8, 4) is 33.6 Å². The summed E-state index contributed by atoms with van der Waals surface area (Å²) in [6.45, 7) is 8.49. The number of carbonyl (C=O) groups is 4. The van der Waals surface area contributed by atoms with Gasteiger partial charge in [0, 0.05) is 18.7 Å². The molecule has 0 radical (unpaired) electrons. The summed E-state index contributed by atoms with van der Waals surface area (Å²) < 4.78 is 10.1. The third kappa shape index (κ3) is 9.30. The minimum atomic E-state index is -0.890. The summed E-state index contributed by atoms with van der Waals surface area (Å²) in [4.78, 5) is 72.4. The van der Waals surface area contributed by atoms with Crippen LogP contribution in [0.5, 0.6) is 0 Å². The lowest BCUT2D eigenvalue weighted by atomic mass is 9.98. The molecular formula is C49H54N8O6. The van der Waals surface area contributed by atoms with Crippen molar-refractivity contribution in [3.05, 3.63) is 121 Å². The van der Waals surface area contributed by atoms with E-state index in [1.165, 1.54) is 7.11 Å². The molecular weight excluding hydrogens is 797 g/mol. The first-order chi connectivity index (χ1) is 30.5. The molecule has 0 spiro atoms. The molecule has 0 aliphatic carbocycles. The molecule has 2 fully saturated rings. The molecule has 6 aromatic rings. The average molecular weight is 851 g/mol. The second-order valence-corrected chi connectivity index (χ2v) is 16.9. The number of benzene rings is 4. The van der Waals surface area contributed by atoms with Gasteiger partial charge in [-0.15, -0.1) is 0 Å². The number of hydrogen-bond acceptors (Lipinski definition) is 8. The Kier molecular flexibility index (Phi) is 12.6. The maximum atomic E-state index is 14.1. The Morgan fingerprint density at radius 2 is 1.19 bits per heavy atom. The maximum absolute atomic E-state index is 14.1. The number of methoxy groups -OCH3 is 1. The fraction of sp³-hybridized carbons (Fsp3) is 0.347. The Morgan fingerprint density at radius 1 is 0.651 bits per heavy atom. The van der Waals surface area contributed by atoms with Gasteiger partial charge in [0.25, 0.3) is 5.91 Å². The van der Waals surface area contributed by atoms with Gasteiger partial charge in [0.1, 0.15) is 23.7 Å². The molecule has 63 heavy (non-hydrogen) atoms. The molecule has 4 aromatic carbocycles. The average Bonchev–Trinajstić information content (AvgIpc) is 4.14. The fourth-order valence-electron chi connectivity index (χ4n) is 8.71. The van der Waals surface area contributed by atoms with E-state index in [4.69, 9.17) is 19.4 Å². The number of nitrogens with zero attached hydrogens (tertiary/aromatic N) is 4. The second kappa shape index (κ2) is 18.6. The number of ether oxygens (including phenoxy) is 2. The topological polar surface area (TPSA) is 175 Å². The van der Waals surface area contributed by atoms with E-state index in [-0.39, 0.29) is 35.9 Å². The van der Waals surface area contributed by atoms with Crippen LogP contribution in [0.3, 0.4) is 0 Å². The molecule has 4 N–H and O–H groups in total. The van der Waals surface area contributed by atoms with Crippen molar-refractivity contribution in [3.63, 3.8) is 0 Å². The molecule has 2 aromatic heterocycles. The van der Waals surface area contributed by atoms with Gasteiger partial charge in [0.2, 0.25) is 5.91 Å². The number of alkyl carbamates (subject to hydrolysis) is 2. The van der Waals surface area contributed by atoms with Crippen LogP contribution in [0.25, 0.3) is 44.4 Å². The van der Waals surface area contributed by atoms with Gasteiger partial charge in [-0.2, -0.15) is 0 Å². The zero-order valence-corrected chi connectivity index (χ0v) is 36.3. The highest BCUT2D eigenvalue weighted by molar-refractivity contribution is 5.91. The minimum absolute atomic E-state index is 0.109. The van der Waals surface area contributed by atoms with E-state index in [1.54, 1.807) is 18.7 Å². The van der Waals surface area contributed by atoms with Crippen molar-refractivity contribution >= 4 is 34.8 Å². The van der Waals surface area contributed by atoms with Crippen LogP contribution in [-0.2, 0) is 19.1 Å². The molecule has 2 aliphatic rings. The van der Waals surface area contributed by atoms with E-state index < -0.39 is 24.3 Å². The summed E-state index contributed by atoms with van der Waals surface area (Å²) in [7, 11) is 1.29. The van der Waals surface area contributed by atoms with Gasteiger partial charge < -0.3 is 39.9 Å². The third-order valence-corrected chi connectivity index (χ3v) is 12.0. The lowest BCUT2D eigenvalue weighted by Gasteiger charge is -2.30. The molecule has 4 amide bonds. The number of aromatic nitrogens is 4. The Bertz CT molecular complexity index is 2590. The lowest BCUT2D eigenvalue weighted by Crippen LogP contribution is -2.51. The van der Waals surface area contributed by atoms with Crippen LogP contribution in [-0.4, -0.2) is 86.1 Å². The van der Waals surface area contributed by atoms with Gasteiger partial charge in [-0.3, -0.25) is 9.59 Å². The molecule has 14 nitrogen and oxygen atoms in total. The van der Waals surface area contributed by atoms with Crippen LogP contribution in [0.15, 0.2) is 103 Å². The molecule has 2 aliphatic heterocycles. The van der Waals surface area contributed by atoms with Gasteiger partial charge in [0.05, 0.1) is 49.1 Å². The number of H-pyrrole nitrogens is 2. The quantitative estimate of drug-likeness (QED) is 0.0945. The molecule has 2 saturated heterocycles. The van der Waals surface area contributed by atoms with Gasteiger partial charge in [-0.25, -0.2) is 19.6 Å². The number of likely N-dealkylation sites (tertiary alicyclic amines) is 2. The van der Waals surface area contributed by atoms with Crippen LogP contribution in [0.1, 0.15) is 88.7 Å². The van der Waals surface area contributed by atoms with E-state index >= 15 is 0 Å². The molecule has 0 saturated carbocycles. The van der Waals surface area contributed by atoms with Crippen molar-refractivity contribution in [2.24, 2.45) is 5.92 Å². The van der Waals surface area contributed by atoms with Crippen LogP contribution in [0.2, 0.25) is 0 Å². The summed E-state index contributed by atoms with van der Waals surface area (Å²) in [6.07, 6.45) is 5.24. The normalized spacial score (nSPS) is 17.3. The fourth-order valence-corrected chi connectivity index (χ4v) is 8.71. The monoisotopic (exact) mass is 850 g/mol. The third-order valence-electron chi connectivity index (χ3n) is 12.0. The Balaban J connectivity index is 0.939. The number of hydrogen-bond donors (Lipinski definition) is 4. The molecule has 4 atom stereocenters. The Morgan fingerprint density at radius 3 is 1.78 bits per heavy atom. The number of imidazole rings is 2. The van der Waals surface area contributed by atoms with Crippen molar-refractivity contribution in [2.45, 2.75) is 83.6 Å². The molecule has 14 heteroatoms. The first-order valence-electron chi connectivity index (χ1n) is 21.7. The maximum Gasteiger partial charge on any atom is 0.408 e. The Labute approximate surface area is 366 Å². The number of amides is 4. The molecule has 0 unspecified atom stereocenters. The number of rotatable bonds is 12. The standard InChI is InChI=1S/C49H54N8O6/c1-29(2)42(54-48(60)62-5)46(58)56-23-9-13-40(56)45-51-28-39(53-45)37-22-21-35-25-34(19-20-36(35)26-37)31-15-17-32(18-16-31)38-27-50-44(52-38)41-14-10-24-57(41)47(59)43(33-11-7-6-8-12-33)55-49(61)63-30(3)4/h6-8,11-12,15-22,25-30,40-43H,9-10,13-14,23-24H2,1-5H3,(H,50,52)(H,51,53)(H,54,60)(H,55,61)/t40-,41-,42-,43+/m0/s1. The van der Waals surface area contributed by atoms with E-state index in [1.807, 2.05) is 61.5 Å². The first-order valence-corrected chi connectivity index (χ1v) is 21.7. The first kappa shape index (κ1) is 42.7. The minimum Gasteiger partial charge on any atom is -0.453 e. The Hall–Kier alpha value is -6.96. The van der Waals surface area contributed by atoms with Crippen LogP contribution in [0, 0.1) is 5.92 Å². The summed E-state index contributed by atoms with van der Waals surface area (Å²) in [6, 6.07) is 28.3. The van der Waals surface area contributed by atoms with Gasteiger partial charge in [0.15, 0.2) is 0 Å². The highest BCUT2D eigenvalue weighted by Crippen LogP contribution is 2.36. The largest absolute Gasteiger partial charge is 0.453 e. The van der Waals surface area contributed by atoms with Crippen LogP contribution < -0.4 is 10.6 Å². The number of fused-ring (bicyclic) bond motifs is 1. The van der Waals surface area contributed by atoms with Crippen LogP contribution >= 0.6 is 0 Å². The summed E-state index contributed by atoms with van der Waals surface area (Å²) >= 11 is 0. The molecule has 4 heterocycles. The molecule has 8 rings (SSSR count). The van der Waals surface area contributed by atoms with E-state index in [0.717, 1.165) is 75.9 Å². The smallest absolute Gasteiger partial charge is 0.408 e. The highest BCUT2D eigenvalue weighted by Gasteiger charge is 2.39. The van der Waals surface area contributed by atoms with Gasteiger partial charge in [-0.1, -0.05) is 92.7 Å². The zero-order valence-electron chi connectivity index (χ0n) is 36.3. The lowest BCUT2D eigenvalue weighted by molar-refractivity contribution is -0.136. The van der Waals surface area contributed by atoms with E-state index in [9.17, 15) is 19.2 Å². The SMILES string of the molecule is COC(=O)N[C@H](C(=O)N1CCC[C@H]1c1ncc(-c2ccc3cc(-c4ccc(-c5cnc([C@@H]6CCCN6C(=O)[C@H](NC(=O)OC(C)C)c6ccccc6)[nH]5)cc4)ccc3c2)[nH]1)C(C)C. The van der Waals surface area contributed by atoms with Crippen molar-refractivity contribution in [1.82, 2.24) is 40.4 Å². The molecule has 326 valence electrons. The second-order valence-electron chi connectivity index (χ2n) is 16.9. The van der Waals surface area contributed by atoms with Gasteiger partial charge in [-0.05, 0) is 90.6 Å². The zero-order chi connectivity index (χ0) is 44.2. The predicted molar refractivity (Wildman–Crippen MR) is 240 cm³/mol. The number of aromatic amines is 2. The summed E-state index contributed by atoms with van der Waals surface area (Å²) in [5, 5.41) is 7.69. The summed E-state index contributed by atoms with van der Waals surface area (Å²) in [5.74, 6) is 0.978.